The van der Waals surface area contributed by atoms with Gasteiger partial charge in [-0.15, -0.1) is 0 Å². The first-order chi connectivity index (χ1) is 11.5. The fraction of sp³-hybridized carbons (Fsp3) is 0.333. The van der Waals surface area contributed by atoms with Crippen molar-refractivity contribution in [3.8, 4) is 5.75 Å². The van der Waals surface area contributed by atoms with Gasteiger partial charge in [-0.05, 0) is 24.3 Å². The second-order valence-corrected chi connectivity index (χ2v) is 5.52. The Kier molecular flexibility index (Phi) is 4.07. The molecule has 3 rings (SSSR count). The molecule has 0 saturated carbocycles. The van der Waals surface area contributed by atoms with Gasteiger partial charge in [0.1, 0.15) is 12.3 Å². The second kappa shape index (κ2) is 6.19. The lowest BCUT2D eigenvalue weighted by Gasteiger charge is -2.19. The van der Waals surface area contributed by atoms with Gasteiger partial charge >= 0.3 is 6.03 Å². The summed E-state index contributed by atoms with van der Waals surface area (Å²) < 4.78 is 5.07. The summed E-state index contributed by atoms with van der Waals surface area (Å²) >= 11 is 0. The Morgan fingerprint density at radius 1 is 1.25 bits per heavy atom. The van der Waals surface area contributed by atoms with Gasteiger partial charge in [-0.2, -0.15) is 0 Å². The van der Waals surface area contributed by atoms with Crippen LogP contribution in [0.4, 0.5) is 10.5 Å². The van der Waals surface area contributed by atoms with Crippen LogP contribution in [-0.4, -0.2) is 49.0 Å². The van der Waals surface area contributed by atoms with Crippen molar-refractivity contribution in [2.75, 3.05) is 25.1 Å². The maximum Gasteiger partial charge on any atom is 0.343 e. The predicted molar refractivity (Wildman–Crippen MR) is 81.8 cm³/mol. The molecule has 126 valence electrons. The van der Waals surface area contributed by atoms with E-state index in [1.165, 1.54) is 4.90 Å². The predicted octanol–water partition coefficient (Wildman–Crippen LogP) is -0.369. The number of urea groups is 1. The van der Waals surface area contributed by atoms with E-state index < -0.39 is 23.8 Å². The minimum Gasteiger partial charge on any atom is -0.497 e. The summed E-state index contributed by atoms with van der Waals surface area (Å²) in [4.78, 5) is 48.5. The van der Waals surface area contributed by atoms with Gasteiger partial charge in [0.05, 0.1) is 13.0 Å². The maximum absolute atomic E-state index is 12.2. The number of hydrogen-bond acceptors (Lipinski definition) is 5. The number of amides is 5. The van der Waals surface area contributed by atoms with E-state index in [1.54, 1.807) is 31.4 Å². The van der Waals surface area contributed by atoms with E-state index >= 15 is 0 Å². The smallest absolute Gasteiger partial charge is 0.343 e. The number of carbonyl (C=O) groups excluding carboxylic acids is 4. The molecule has 0 spiro atoms. The first kappa shape index (κ1) is 15.8. The van der Waals surface area contributed by atoms with Gasteiger partial charge in [-0.25, -0.2) is 9.80 Å². The van der Waals surface area contributed by atoms with Crippen LogP contribution in [0.15, 0.2) is 24.3 Å². The molecular weight excluding hydrogens is 316 g/mol. The van der Waals surface area contributed by atoms with E-state index in [4.69, 9.17) is 4.74 Å². The Labute approximate surface area is 137 Å². The second-order valence-electron chi connectivity index (χ2n) is 5.52. The van der Waals surface area contributed by atoms with Crippen LogP contribution in [0.2, 0.25) is 0 Å². The lowest BCUT2D eigenvalue weighted by Crippen LogP contribution is -2.47. The van der Waals surface area contributed by atoms with Gasteiger partial charge in [0.2, 0.25) is 17.7 Å². The molecule has 0 aromatic heterocycles. The summed E-state index contributed by atoms with van der Waals surface area (Å²) in [5.74, 6) is -1.05. The molecule has 1 atom stereocenters. The highest BCUT2D eigenvalue weighted by atomic mass is 16.5. The minimum atomic E-state index is -0.676. The quantitative estimate of drug-likeness (QED) is 0.732. The summed E-state index contributed by atoms with van der Waals surface area (Å²) in [6.45, 7) is -0.0200. The third-order valence-electron chi connectivity index (χ3n) is 3.92. The number of imide groups is 1. The summed E-state index contributed by atoms with van der Waals surface area (Å²) in [6.07, 6.45) is 0.0429. The molecule has 2 fully saturated rings. The molecule has 2 saturated heterocycles. The summed E-state index contributed by atoms with van der Waals surface area (Å²) in [5, 5.41) is 2.97. The highest BCUT2D eigenvalue weighted by Crippen LogP contribution is 2.27. The van der Waals surface area contributed by atoms with E-state index in [0.717, 1.165) is 5.01 Å². The van der Waals surface area contributed by atoms with E-state index in [9.17, 15) is 19.2 Å². The molecule has 2 N–H and O–H groups in total. The van der Waals surface area contributed by atoms with E-state index in [-0.39, 0.29) is 25.4 Å². The largest absolute Gasteiger partial charge is 0.497 e. The molecule has 0 aliphatic carbocycles. The van der Waals surface area contributed by atoms with Crippen LogP contribution in [0.1, 0.15) is 6.42 Å². The molecule has 9 nitrogen and oxygen atoms in total. The third kappa shape index (κ3) is 3.00. The Morgan fingerprint density at radius 3 is 2.54 bits per heavy atom. The Hall–Kier alpha value is -3.10. The maximum atomic E-state index is 12.2. The normalized spacial score (nSPS) is 20.4. The summed E-state index contributed by atoms with van der Waals surface area (Å²) in [6, 6.07) is 6.27. The van der Waals surface area contributed by atoms with Crippen LogP contribution in [0.3, 0.4) is 0 Å². The number of anilines is 1. The molecule has 0 bridgehead atoms. The molecule has 0 radical (unpaired) electrons. The first-order valence-corrected chi connectivity index (χ1v) is 7.34. The van der Waals surface area contributed by atoms with Crippen molar-refractivity contribution in [2.24, 2.45) is 5.92 Å². The average Bonchev–Trinajstić information content (AvgIpc) is 3.10. The van der Waals surface area contributed by atoms with Crippen LogP contribution in [0.25, 0.3) is 0 Å². The van der Waals surface area contributed by atoms with Gasteiger partial charge in [-0.1, -0.05) is 0 Å². The molecular formula is C15H16N4O5. The fourth-order valence-electron chi connectivity index (χ4n) is 2.65. The number of benzene rings is 1. The lowest BCUT2D eigenvalue weighted by atomic mass is 10.1. The zero-order valence-electron chi connectivity index (χ0n) is 12.9. The standard InChI is InChI=1S/C15H16N4O5/c1-24-11-4-2-10(3-5-11)18-7-9(6-13(18)21)14(22)17-19-8-12(20)16-15(19)23/h2-5,9H,6-8H2,1H3,(H,17,22)(H,16,20,23). The van der Waals surface area contributed by atoms with Gasteiger partial charge in [0, 0.05) is 18.7 Å². The number of hydrazine groups is 1. The molecule has 1 unspecified atom stereocenters. The molecule has 1 aromatic carbocycles. The van der Waals surface area contributed by atoms with Crippen molar-refractivity contribution in [1.82, 2.24) is 15.8 Å². The van der Waals surface area contributed by atoms with Gasteiger partial charge < -0.3 is 9.64 Å². The first-order valence-electron chi connectivity index (χ1n) is 7.34. The SMILES string of the molecule is COc1ccc(N2CC(C(=O)NN3CC(=O)NC3=O)CC2=O)cc1. The van der Waals surface area contributed by atoms with Crippen molar-refractivity contribution in [3.05, 3.63) is 24.3 Å². The van der Waals surface area contributed by atoms with E-state index in [1.807, 2.05) is 0 Å². The van der Waals surface area contributed by atoms with Crippen LogP contribution in [0, 0.1) is 5.92 Å². The van der Waals surface area contributed by atoms with Gasteiger partial charge in [0.15, 0.2) is 0 Å². The van der Waals surface area contributed by atoms with Crippen LogP contribution in [-0.2, 0) is 14.4 Å². The van der Waals surface area contributed by atoms with Crippen molar-refractivity contribution in [3.63, 3.8) is 0 Å². The van der Waals surface area contributed by atoms with Gasteiger partial charge in [-0.3, -0.25) is 25.1 Å². The number of methoxy groups -OCH3 is 1. The van der Waals surface area contributed by atoms with Gasteiger partial charge in [0.25, 0.3) is 0 Å². The molecule has 1 aromatic rings. The van der Waals surface area contributed by atoms with Crippen LogP contribution < -0.4 is 20.4 Å². The van der Waals surface area contributed by atoms with E-state index in [2.05, 4.69) is 10.7 Å². The zero-order valence-corrected chi connectivity index (χ0v) is 12.9. The highest BCUT2D eigenvalue weighted by Gasteiger charge is 2.37. The monoisotopic (exact) mass is 332 g/mol. The fourth-order valence-corrected chi connectivity index (χ4v) is 2.65. The number of carbonyl (C=O) groups is 4. The zero-order chi connectivity index (χ0) is 17.3. The lowest BCUT2D eigenvalue weighted by molar-refractivity contribution is -0.129. The molecule has 2 heterocycles. The highest BCUT2D eigenvalue weighted by molar-refractivity contribution is 6.04. The third-order valence-corrected chi connectivity index (χ3v) is 3.92. The number of hydrogen-bond donors (Lipinski definition) is 2. The number of nitrogens with zero attached hydrogens (tertiary/aromatic N) is 2. The molecule has 24 heavy (non-hydrogen) atoms. The topological polar surface area (TPSA) is 108 Å². The van der Waals surface area contributed by atoms with Crippen molar-refractivity contribution < 1.29 is 23.9 Å². The van der Waals surface area contributed by atoms with E-state index in [0.29, 0.717) is 11.4 Å². The Balaban J connectivity index is 1.64. The average molecular weight is 332 g/mol. The Bertz CT molecular complexity index is 702. The van der Waals surface area contributed by atoms with Crippen LogP contribution >= 0.6 is 0 Å². The van der Waals surface area contributed by atoms with Crippen molar-refractivity contribution in [1.29, 1.82) is 0 Å². The summed E-state index contributed by atoms with van der Waals surface area (Å²) in [5.41, 5.74) is 3.05. The molecule has 2 aliphatic heterocycles. The van der Waals surface area contributed by atoms with Crippen LogP contribution in [0.5, 0.6) is 5.75 Å². The Morgan fingerprint density at radius 2 is 1.96 bits per heavy atom. The molecule has 9 heteroatoms. The summed E-state index contributed by atoms with van der Waals surface area (Å²) in [7, 11) is 1.55. The number of nitrogens with one attached hydrogen (secondary N) is 2. The number of ether oxygens (including phenoxy) is 1. The molecule has 5 amide bonds. The number of rotatable bonds is 4. The van der Waals surface area contributed by atoms with Crippen molar-refractivity contribution in [2.45, 2.75) is 6.42 Å². The van der Waals surface area contributed by atoms with Crippen molar-refractivity contribution >= 4 is 29.4 Å². The minimum absolute atomic E-state index is 0.0429. The molecule has 2 aliphatic rings.